The molecule has 32 heavy (non-hydrogen) atoms. The van der Waals surface area contributed by atoms with Gasteiger partial charge < -0.3 is 16.6 Å². The molecule has 0 saturated heterocycles. The van der Waals surface area contributed by atoms with Gasteiger partial charge in [0, 0.05) is 17.8 Å². The molecule has 0 spiro atoms. The number of phenolic OH excluding ortho intramolecular Hbond substituents is 1. The summed E-state index contributed by atoms with van der Waals surface area (Å²) < 4.78 is 1.90. The van der Waals surface area contributed by atoms with E-state index in [4.69, 9.17) is 11.5 Å². The summed E-state index contributed by atoms with van der Waals surface area (Å²) in [5, 5.41) is 10.5. The molecular weight excluding hydrogens is 398 g/mol. The number of hydrogen-bond acceptors (Lipinski definition) is 4. The van der Waals surface area contributed by atoms with Gasteiger partial charge in [0.15, 0.2) is 0 Å². The van der Waals surface area contributed by atoms with Crippen LogP contribution in [-0.2, 0) is 13.5 Å². The monoisotopic (exact) mass is 424 g/mol. The number of rotatable bonds is 6. The van der Waals surface area contributed by atoms with Crippen molar-refractivity contribution < 1.29 is 14.5 Å². The Morgan fingerprint density at radius 2 is 1.69 bits per heavy atom. The Bertz CT molecular complexity index is 1290. The van der Waals surface area contributed by atoms with E-state index >= 15 is 0 Å². The van der Waals surface area contributed by atoms with E-state index < -0.39 is 6.04 Å². The average molecular weight is 425 g/mol. The largest absolute Gasteiger partial charge is 0.508 e. The van der Waals surface area contributed by atoms with Crippen LogP contribution in [0.5, 0.6) is 5.75 Å². The molecule has 5 heteroatoms. The molecule has 0 unspecified atom stereocenters. The lowest BCUT2D eigenvalue weighted by molar-refractivity contribution is -0.647. The summed E-state index contributed by atoms with van der Waals surface area (Å²) in [7, 11) is 1.89. The SMILES string of the molecule is C[n+]1c(C(=O)[C@@H](N)Cc2ccc(O)cc2)cc(C=Cc2ccc(N)cc2)c2ccccc21. The first-order valence-electron chi connectivity index (χ1n) is 10.5. The van der Waals surface area contributed by atoms with Gasteiger partial charge in [-0.15, -0.1) is 0 Å². The van der Waals surface area contributed by atoms with Crippen molar-refractivity contribution in [2.45, 2.75) is 12.5 Å². The maximum atomic E-state index is 13.3. The summed E-state index contributed by atoms with van der Waals surface area (Å²) in [6, 6.07) is 23.6. The molecule has 4 aromatic rings. The first-order valence-corrected chi connectivity index (χ1v) is 10.5. The fraction of sp³-hybridized carbons (Fsp3) is 0.111. The maximum Gasteiger partial charge on any atom is 0.251 e. The Kier molecular flexibility index (Phi) is 6.01. The van der Waals surface area contributed by atoms with Crippen LogP contribution in [-0.4, -0.2) is 16.9 Å². The second-order valence-electron chi connectivity index (χ2n) is 7.90. The highest BCUT2D eigenvalue weighted by Gasteiger charge is 2.26. The third kappa shape index (κ3) is 4.53. The summed E-state index contributed by atoms with van der Waals surface area (Å²) in [6.45, 7) is 0. The van der Waals surface area contributed by atoms with Gasteiger partial charge in [-0.05, 0) is 53.4 Å². The molecule has 0 saturated carbocycles. The number of carbonyl (C=O) groups excluding carboxylic acids is 1. The number of nitrogen functional groups attached to an aromatic ring is 1. The lowest BCUT2D eigenvalue weighted by Crippen LogP contribution is -2.43. The van der Waals surface area contributed by atoms with Crippen LogP contribution in [0.15, 0.2) is 78.9 Å². The number of carbonyl (C=O) groups is 1. The Balaban J connectivity index is 1.70. The van der Waals surface area contributed by atoms with Crippen LogP contribution < -0.4 is 16.0 Å². The predicted molar refractivity (Wildman–Crippen MR) is 129 cm³/mol. The van der Waals surface area contributed by atoms with Gasteiger partial charge in [0.25, 0.3) is 5.69 Å². The number of fused-ring (bicyclic) bond motifs is 1. The Labute approximate surface area is 187 Å². The molecule has 4 rings (SSSR count). The van der Waals surface area contributed by atoms with E-state index in [1.807, 2.05) is 78.4 Å². The van der Waals surface area contributed by atoms with Gasteiger partial charge in [-0.3, -0.25) is 4.79 Å². The minimum absolute atomic E-state index is 0.131. The zero-order valence-corrected chi connectivity index (χ0v) is 17.9. The molecule has 5 nitrogen and oxygen atoms in total. The molecule has 0 bridgehead atoms. The highest BCUT2D eigenvalue weighted by Crippen LogP contribution is 2.21. The molecule has 0 aliphatic heterocycles. The second kappa shape index (κ2) is 9.04. The zero-order valence-electron chi connectivity index (χ0n) is 17.9. The number of phenols is 1. The van der Waals surface area contributed by atoms with E-state index in [9.17, 15) is 9.90 Å². The number of aromatic hydroxyl groups is 1. The van der Waals surface area contributed by atoms with E-state index in [-0.39, 0.29) is 11.5 Å². The van der Waals surface area contributed by atoms with Crippen LogP contribution in [0.4, 0.5) is 5.69 Å². The Morgan fingerprint density at radius 3 is 2.41 bits per heavy atom. The average Bonchev–Trinajstić information content (AvgIpc) is 2.81. The van der Waals surface area contributed by atoms with Crippen molar-refractivity contribution in [3.63, 3.8) is 0 Å². The smallest absolute Gasteiger partial charge is 0.251 e. The summed E-state index contributed by atoms with van der Waals surface area (Å²) >= 11 is 0. The van der Waals surface area contributed by atoms with E-state index in [2.05, 4.69) is 0 Å². The van der Waals surface area contributed by atoms with Gasteiger partial charge >= 0.3 is 0 Å². The molecule has 1 aromatic heterocycles. The number of aryl methyl sites for hydroxylation is 1. The molecule has 0 radical (unpaired) electrons. The summed E-state index contributed by atoms with van der Waals surface area (Å²) in [6.07, 6.45) is 4.41. The van der Waals surface area contributed by atoms with E-state index in [1.54, 1.807) is 24.3 Å². The van der Waals surface area contributed by atoms with Crippen LogP contribution in [0.3, 0.4) is 0 Å². The van der Waals surface area contributed by atoms with Gasteiger partial charge in [0.2, 0.25) is 11.3 Å². The number of anilines is 1. The number of hydrogen-bond donors (Lipinski definition) is 3. The number of aromatic nitrogens is 1. The van der Waals surface area contributed by atoms with Gasteiger partial charge in [0.05, 0.1) is 11.4 Å². The quantitative estimate of drug-likeness (QED) is 0.249. The Hall–Kier alpha value is -3.96. The third-order valence-electron chi connectivity index (χ3n) is 5.60. The molecule has 0 fully saturated rings. The van der Waals surface area contributed by atoms with Crippen molar-refractivity contribution in [3.05, 3.63) is 101 Å². The molecule has 3 aromatic carbocycles. The summed E-state index contributed by atoms with van der Waals surface area (Å²) in [4.78, 5) is 13.3. The molecule has 160 valence electrons. The maximum absolute atomic E-state index is 13.3. The fourth-order valence-electron chi connectivity index (χ4n) is 3.80. The topological polar surface area (TPSA) is 93.2 Å². The number of nitrogens with zero attached hydrogens (tertiary/aromatic N) is 1. The van der Waals surface area contributed by atoms with E-state index in [0.29, 0.717) is 12.1 Å². The first-order chi connectivity index (χ1) is 15.4. The number of ketones is 1. The lowest BCUT2D eigenvalue weighted by Gasteiger charge is -2.12. The van der Waals surface area contributed by atoms with Crippen molar-refractivity contribution in [3.8, 4) is 5.75 Å². The number of benzene rings is 3. The lowest BCUT2D eigenvalue weighted by atomic mass is 9.98. The normalized spacial score (nSPS) is 12.3. The van der Waals surface area contributed by atoms with Crippen LogP contribution in [0.1, 0.15) is 27.2 Å². The summed E-state index contributed by atoms with van der Waals surface area (Å²) in [5.74, 6) is 0.0561. The Morgan fingerprint density at radius 1 is 1.00 bits per heavy atom. The van der Waals surface area contributed by atoms with Crippen molar-refractivity contribution in [2.24, 2.45) is 12.8 Å². The van der Waals surface area contributed by atoms with E-state index in [0.717, 1.165) is 33.3 Å². The predicted octanol–water partition coefficient (Wildman–Crippen LogP) is 3.88. The molecule has 0 aliphatic carbocycles. The van der Waals surface area contributed by atoms with Crippen LogP contribution in [0.25, 0.3) is 23.1 Å². The van der Waals surface area contributed by atoms with Gasteiger partial charge in [0.1, 0.15) is 12.8 Å². The number of para-hydroxylation sites is 1. The number of nitrogens with two attached hydrogens (primary N) is 2. The zero-order chi connectivity index (χ0) is 22.7. The molecule has 1 heterocycles. The third-order valence-corrected chi connectivity index (χ3v) is 5.60. The summed E-state index contributed by atoms with van der Waals surface area (Å²) in [5.41, 5.74) is 17.2. The van der Waals surface area contributed by atoms with E-state index in [1.165, 1.54) is 0 Å². The van der Waals surface area contributed by atoms with Crippen LogP contribution in [0, 0.1) is 0 Å². The standard InChI is InChI=1S/C27H25N3O2/c1-30-25-5-3-2-4-23(25)20(11-6-18-7-12-21(28)13-8-18)17-26(30)27(32)24(29)16-19-9-14-22(31)15-10-19/h2-15,17,24,28,31H,16,29H2,1H3/p+1/t24-/m0/s1. The minimum atomic E-state index is -0.694. The molecule has 0 aliphatic rings. The second-order valence-corrected chi connectivity index (χ2v) is 7.90. The molecule has 0 amide bonds. The van der Waals surface area contributed by atoms with Crippen LogP contribution in [0.2, 0.25) is 0 Å². The van der Waals surface area contributed by atoms with Gasteiger partial charge in [-0.1, -0.05) is 48.6 Å². The van der Waals surface area contributed by atoms with Gasteiger partial charge in [-0.2, -0.15) is 4.57 Å². The van der Waals surface area contributed by atoms with Crippen molar-refractivity contribution in [2.75, 3.05) is 5.73 Å². The van der Waals surface area contributed by atoms with Crippen molar-refractivity contribution in [1.29, 1.82) is 0 Å². The number of pyridine rings is 1. The molecule has 1 atom stereocenters. The highest BCUT2D eigenvalue weighted by molar-refractivity contribution is 6.00. The minimum Gasteiger partial charge on any atom is -0.508 e. The fourth-order valence-corrected chi connectivity index (χ4v) is 3.80. The highest BCUT2D eigenvalue weighted by atomic mass is 16.3. The first kappa shape index (κ1) is 21.3. The van der Waals surface area contributed by atoms with Gasteiger partial charge in [-0.25, -0.2) is 0 Å². The van der Waals surface area contributed by atoms with Crippen molar-refractivity contribution in [1.82, 2.24) is 0 Å². The molecular formula is C27H26N3O2+. The molecule has 5 N–H and O–H groups in total. The van der Waals surface area contributed by atoms with Crippen molar-refractivity contribution >= 4 is 34.5 Å². The van der Waals surface area contributed by atoms with Crippen LogP contribution >= 0.6 is 0 Å². The number of Topliss-reactive ketones (excluding diaryl/α,β-unsaturated/α-hetero) is 1.